The third kappa shape index (κ3) is 1.84. The lowest BCUT2D eigenvalue weighted by Crippen LogP contribution is -2.01. The lowest BCUT2D eigenvalue weighted by molar-refractivity contribution is 1.07. The van der Waals surface area contributed by atoms with Gasteiger partial charge in [0, 0.05) is 0 Å². The van der Waals surface area contributed by atoms with Gasteiger partial charge in [-0.15, -0.1) is 0 Å². The van der Waals surface area contributed by atoms with Crippen LogP contribution in [0.1, 0.15) is 34.6 Å². The van der Waals surface area contributed by atoms with Gasteiger partial charge in [-0.1, -0.05) is 31.6 Å². The molecule has 1 fully saturated rings. The highest BCUT2D eigenvalue weighted by Gasteiger charge is 2.41. The number of benzene rings is 1. The molecule has 15 heavy (non-hydrogen) atoms. The maximum Gasteiger partial charge on any atom is 0.137 e. The first-order valence-corrected chi connectivity index (χ1v) is 6.09. The van der Waals surface area contributed by atoms with Crippen molar-refractivity contribution >= 4 is 6.71 Å². The molecule has 0 aromatic heterocycles. The van der Waals surface area contributed by atoms with Crippen LogP contribution in [-0.2, 0) is 0 Å². The lowest BCUT2D eigenvalue weighted by Gasteiger charge is -2.11. The van der Waals surface area contributed by atoms with E-state index in [1.165, 1.54) is 23.1 Å². The maximum atomic E-state index is 2.35. The van der Waals surface area contributed by atoms with Crippen LogP contribution in [0.15, 0.2) is 12.1 Å². The molecule has 1 aliphatic carbocycles. The topological polar surface area (TPSA) is 0 Å². The molecular weight excluding hydrogens is 179 g/mol. The van der Waals surface area contributed by atoms with Gasteiger partial charge in [0.05, 0.1) is 0 Å². The first-order valence-electron chi connectivity index (χ1n) is 6.09. The van der Waals surface area contributed by atoms with Crippen LogP contribution in [-0.4, -0.2) is 6.71 Å². The summed E-state index contributed by atoms with van der Waals surface area (Å²) in [7, 11) is 0. The summed E-state index contributed by atoms with van der Waals surface area (Å²) < 4.78 is 0. The Bertz CT molecular complexity index is 379. The van der Waals surface area contributed by atoms with E-state index in [1.54, 1.807) is 5.56 Å². The summed E-state index contributed by atoms with van der Waals surface area (Å²) in [6.45, 7) is 12.3. The molecule has 0 radical (unpaired) electrons. The zero-order valence-corrected chi connectivity index (χ0v) is 10.6. The van der Waals surface area contributed by atoms with Gasteiger partial charge in [-0.3, -0.25) is 0 Å². The summed E-state index contributed by atoms with van der Waals surface area (Å²) in [5.41, 5.74) is 6.06. The minimum atomic E-state index is 0.844. The van der Waals surface area contributed by atoms with E-state index >= 15 is 0 Å². The Kier molecular flexibility index (Phi) is 2.66. The fourth-order valence-corrected chi connectivity index (χ4v) is 2.69. The maximum absolute atomic E-state index is 2.35. The van der Waals surface area contributed by atoms with Crippen molar-refractivity contribution in [3.63, 3.8) is 0 Å². The quantitative estimate of drug-likeness (QED) is 0.627. The molecular formula is C14H21B. The van der Waals surface area contributed by atoms with Crippen molar-refractivity contribution in [2.45, 2.75) is 52.6 Å². The first-order chi connectivity index (χ1) is 7.02. The molecule has 1 aromatic carbocycles. The van der Waals surface area contributed by atoms with Gasteiger partial charge in [-0.2, -0.15) is 0 Å². The molecule has 80 valence electrons. The van der Waals surface area contributed by atoms with E-state index in [9.17, 15) is 0 Å². The summed E-state index contributed by atoms with van der Waals surface area (Å²) in [4.78, 5) is 0. The van der Waals surface area contributed by atoms with E-state index in [0.29, 0.717) is 0 Å². The van der Waals surface area contributed by atoms with E-state index in [2.05, 4.69) is 46.6 Å². The molecule has 2 atom stereocenters. The number of aryl methyl sites for hydroxylation is 1. The zero-order chi connectivity index (χ0) is 11.2. The van der Waals surface area contributed by atoms with Crippen molar-refractivity contribution in [3.8, 4) is 0 Å². The third-order valence-electron chi connectivity index (χ3n) is 4.20. The van der Waals surface area contributed by atoms with Gasteiger partial charge in [0.1, 0.15) is 6.71 Å². The van der Waals surface area contributed by atoms with Gasteiger partial charge in [0.15, 0.2) is 0 Å². The second kappa shape index (κ2) is 3.70. The summed E-state index contributed by atoms with van der Waals surface area (Å²) >= 11 is 0. The van der Waals surface area contributed by atoms with E-state index in [0.717, 1.165) is 18.4 Å². The Morgan fingerprint density at radius 3 is 2.27 bits per heavy atom. The molecule has 0 aliphatic heterocycles. The van der Waals surface area contributed by atoms with Crippen LogP contribution in [0.25, 0.3) is 0 Å². The molecule has 0 bridgehead atoms. The molecule has 1 aromatic rings. The smallest absolute Gasteiger partial charge is 0.0861 e. The van der Waals surface area contributed by atoms with Gasteiger partial charge in [-0.05, 0) is 55.4 Å². The Labute approximate surface area is 94.2 Å². The average molecular weight is 200 g/mol. The summed E-state index contributed by atoms with van der Waals surface area (Å²) in [5, 5.41) is 0. The van der Waals surface area contributed by atoms with Crippen LogP contribution in [0.4, 0.5) is 0 Å². The Balaban J connectivity index is 2.28. The fraction of sp³-hybridized carbons (Fsp3) is 0.571. The Morgan fingerprint density at radius 1 is 1.07 bits per heavy atom. The molecule has 0 saturated heterocycles. The predicted molar refractivity (Wildman–Crippen MR) is 69.2 cm³/mol. The van der Waals surface area contributed by atoms with E-state index in [4.69, 9.17) is 0 Å². The van der Waals surface area contributed by atoms with Crippen LogP contribution >= 0.6 is 0 Å². The Hall–Kier alpha value is -0.715. The van der Waals surface area contributed by atoms with E-state index in [-0.39, 0.29) is 0 Å². The molecule has 0 nitrogen and oxygen atoms in total. The zero-order valence-electron chi connectivity index (χ0n) is 10.6. The van der Waals surface area contributed by atoms with Crippen LogP contribution in [0.2, 0.25) is 19.5 Å². The molecule has 0 unspecified atom stereocenters. The molecule has 0 N–H and O–H groups in total. The van der Waals surface area contributed by atoms with Crippen molar-refractivity contribution in [3.05, 3.63) is 34.4 Å². The lowest BCUT2D eigenvalue weighted by atomic mass is 9.49. The summed E-state index contributed by atoms with van der Waals surface area (Å²) in [5.74, 6) is 1.79. The molecule has 2 rings (SSSR count). The minimum absolute atomic E-state index is 0.844. The van der Waals surface area contributed by atoms with Crippen molar-refractivity contribution in [2.24, 2.45) is 0 Å². The second-order valence-electron chi connectivity index (χ2n) is 5.47. The molecule has 1 saturated carbocycles. The fourth-order valence-electron chi connectivity index (χ4n) is 2.69. The van der Waals surface area contributed by atoms with Crippen LogP contribution in [0, 0.1) is 20.8 Å². The summed E-state index contributed by atoms with van der Waals surface area (Å²) in [6, 6.07) is 4.64. The van der Waals surface area contributed by atoms with Crippen LogP contribution < -0.4 is 0 Å². The van der Waals surface area contributed by atoms with Gasteiger partial charge in [0.2, 0.25) is 0 Å². The second-order valence-corrected chi connectivity index (χ2v) is 5.47. The van der Waals surface area contributed by atoms with E-state index < -0.39 is 0 Å². The highest BCUT2D eigenvalue weighted by molar-refractivity contribution is 6.58. The van der Waals surface area contributed by atoms with Crippen molar-refractivity contribution in [2.75, 3.05) is 0 Å². The highest BCUT2D eigenvalue weighted by Crippen LogP contribution is 2.55. The van der Waals surface area contributed by atoms with Crippen LogP contribution in [0.5, 0.6) is 0 Å². The van der Waals surface area contributed by atoms with Gasteiger partial charge in [-0.25, -0.2) is 0 Å². The normalized spacial score (nSPS) is 24.1. The summed E-state index contributed by atoms with van der Waals surface area (Å²) in [6.07, 6.45) is 1.40. The molecule has 0 heterocycles. The standard InChI is InChI=1S/C14H21B/c1-9-6-7-12(11(3)10(9)2)13-8-14(13)15(4)5/h6-7,13-14H,8H2,1-5H3/t13-,14-/m0/s1. The third-order valence-corrected chi connectivity index (χ3v) is 4.20. The first kappa shape index (κ1) is 10.8. The van der Waals surface area contributed by atoms with Gasteiger partial charge in [0.25, 0.3) is 0 Å². The number of hydrogen-bond acceptors (Lipinski definition) is 0. The average Bonchev–Trinajstić information content (AvgIpc) is 2.94. The molecule has 0 amide bonds. The number of hydrogen-bond donors (Lipinski definition) is 0. The number of rotatable bonds is 2. The molecule has 1 aliphatic rings. The van der Waals surface area contributed by atoms with Gasteiger partial charge < -0.3 is 0 Å². The highest BCUT2D eigenvalue weighted by atomic mass is 14.4. The van der Waals surface area contributed by atoms with Gasteiger partial charge >= 0.3 is 0 Å². The minimum Gasteiger partial charge on any atom is -0.0861 e. The van der Waals surface area contributed by atoms with Crippen molar-refractivity contribution in [1.29, 1.82) is 0 Å². The largest absolute Gasteiger partial charge is 0.137 e. The van der Waals surface area contributed by atoms with Crippen molar-refractivity contribution < 1.29 is 0 Å². The molecule has 0 spiro atoms. The molecule has 1 heteroatoms. The van der Waals surface area contributed by atoms with Crippen LogP contribution in [0.3, 0.4) is 0 Å². The Morgan fingerprint density at radius 2 is 1.73 bits per heavy atom. The predicted octanol–water partition coefficient (Wildman–Crippen LogP) is 4.22. The SMILES string of the molecule is CB(C)[C@H]1C[C@H]1c1ccc(C)c(C)c1C. The van der Waals surface area contributed by atoms with E-state index in [1.807, 2.05) is 0 Å². The van der Waals surface area contributed by atoms with Crippen molar-refractivity contribution in [1.82, 2.24) is 0 Å². The monoisotopic (exact) mass is 200 g/mol.